The van der Waals surface area contributed by atoms with Gasteiger partial charge in [-0.25, -0.2) is 8.42 Å². The molecule has 0 aromatic heterocycles. The molecule has 1 atom stereocenters. The molecule has 0 aromatic rings. The van der Waals surface area contributed by atoms with E-state index in [1.807, 2.05) is 0 Å². The lowest BCUT2D eigenvalue weighted by Gasteiger charge is -2.33. The summed E-state index contributed by atoms with van der Waals surface area (Å²) < 4.78 is 29.7. The number of ether oxygens (including phenoxy) is 1. The Kier molecular flexibility index (Phi) is 5.68. The summed E-state index contributed by atoms with van der Waals surface area (Å²) in [6.45, 7) is 2.81. The summed E-state index contributed by atoms with van der Waals surface area (Å²) in [6, 6.07) is 0.112. The summed E-state index contributed by atoms with van der Waals surface area (Å²) in [5.41, 5.74) is 0. The molecule has 0 radical (unpaired) electrons. The molecule has 1 rings (SSSR count). The SMILES string of the molecule is COCCNCC1CCCCN1S(C)(=O)=O. The van der Waals surface area contributed by atoms with E-state index in [1.54, 1.807) is 11.4 Å². The first-order valence-electron chi connectivity index (χ1n) is 5.72. The zero-order chi connectivity index (χ0) is 12.0. The van der Waals surface area contributed by atoms with Gasteiger partial charge in [0.25, 0.3) is 0 Å². The zero-order valence-electron chi connectivity index (χ0n) is 10.1. The fourth-order valence-electron chi connectivity index (χ4n) is 2.06. The number of nitrogens with one attached hydrogen (secondary N) is 1. The molecule has 16 heavy (non-hydrogen) atoms. The van der Waals surface area contributed by atoms with Crippen molar-refractivity contribution in [1.82, 2.24) is 9.62 Å². The summed E-state index contributed by atoms with van der Waals surface area (Å²) >= 11 is 0. The third-order valence-corrected chi connectivity index (χ3v) is 4.19. The third kappa shape index (κ3) is 4.37. The van der Waals surface area contributed by atoms with Gasteiger partial charge in [-0.2, -0.15) is 4.31 Å². The minimum Gasteiger partial charge on any atom is -0.383 e. The molecular weight excluding hydrogens is 228 g/mol. The third-order valence-electron chi connectivity index (χ3n) is 2.86. The smallest absolute Gasteiger partial charge is 0.211 e. The molecule has 5 nitrogen and oxygen atoms in total. The fraction of sp³-hybridized carbons (Fsp3) is 1.00. The number of rotatable bonds is 6. The van der Waals surface area contributed by atoms with Crippen LogP contribution in [0.3, 0.4) is 0 Å². The Bertz CT molecular complexity index is 292. The largest absolute Gasteiger partial charge is 0.383 e. The van der Waals surface area contributed by atoms with Gasteiger partial charge in [-0.15, -0.1) is 0 Å². The molecule has 0 amide bonds. The van der Waals surface area contributed by atoms with E-state index in [2.05, 4.69) is 5.32 Å². The van der Waals surface area contributed by atoms with Crippen LogP contribution in [0, 0.1) is 0 Å². The monoisotopic (exact) mass is 250 g/mol. The Morgan fingerprint density at radius 2 is 2.19 bits per heavy atom. The maximum atomic E-state index is 11.6. The van der Waals surface area contributed by atoms with E-state index < -0.39 is 10.0 Å². The van der Waals surface area contributed by atoms with Crippen LogP contribution in [0.2, 0.25) is 0 Å². The van der Waals surface area contributed by atoms with Gasteiger partial charge in [0, 0.05) is 32.8 Å². The number of hydrogen-bond acceptors (Lipinski definition) is 4. The van der Waals surface area contributed by atoms with E-state index >= 15 is 0 Å². The van der Waals surface area contributed by atoms with Crippen LogP contribution in [-0.2, 0) is 14.8 Å². The second-order valence-corrected chi connectivity index (χ2v) is 6.16. The molecule has 6 heteroatoms. The molecular formula is C10H22N2O3S. The zero-order valence-corrected chi connectivity index (χ0v) is 10.9. The highest BCUT2D eigenvalue weighted by Gasteiger charge is 2.28. The molecule has 0 aliphatic carbocycles. The molecule has 1 saturated heterocycles. The molecule has 0 spiro atoms. The van der Waals surface area contributed by atoms with Crippen molar-refractivity contribution in [3.8, 4) is 0 Å². The molecule has 96 valence electrons. The first-order valence-corrected chi connectivity index (χ1v) is 7.57. The summed E-state index contributed by atoms with van der Waals surface area (Å²) in [6.07, 6.45) is 4.33. The Morgan fingerprint density at radius 3 is 2.81 bits per heavy atom. The molecule has 1 unspecified atom stereocenters. The van der Waals surface area contributed by atoms with Crippen molar-refractivity contribution < 1.29 is 13.2 Å². The van der Waals surface area contributed by atoms with Crippen LogP contribution >= 0.6 is 0 Å². The number of methoxy groups -OCH3 is 1. The average Bonchev–Trinajstić information content (AvgIpc) is 2.24. The first kappa shape index (κ1) is 13.9. The minimum atomic E-state index is -3.06. The quantitative estimate of drug-likeness (QED) is 0.676. The fourth-order valence-corrected chi connectivity index (χ4v) is 3.24. The van der Waals surface area contributed by atoms with E-state index in [0.29, 0.717) is 13.2 Å². The Morgan fingerprint density at radius 1 is 1.44 bits per heavy atom. The highest BCUT2D eigenvalue weighted by Crippen LogP contribution is 2.19. The van der Waals surface area contributed by atoms with Gasteiger partial charge in [0.15, 0.2) is 0 Å². The van der Waals surface area contributed by atoms with Crippen LogP contribution in [0.15, 0.2) is 0 Å². The Balaban J connectivity index is 2.42. The van der Waals surface area contributed by atoms with Gasteiger partial charge in [-0.1, -0.05) is 6.42 Å². The molecule has 1 fully saturated rings. The van der Waals surface area contributed by atoms with Crippen molar-refractivity contribution in [2.45, 2.75) is 25.3 Å². The van der Waals surface area contributed by atoms with Gasteiger partial charge >= 0.3 is 0 Å². The summed E-state index contributed by atoms with van der Waals surface area (Å²) in [4.78, 5) is 0. The lowest BCUT2D eigenvalue weighted by Crippen LogP contribution is -2.48. The van der Waals surface area contributed by atoms with E-state index in [9.17, 15) is 8.42 Å². The Hall–Kier alpha value is -0.170. The standard InChI is InChI=1S/C10H22N2O3S/c1-15-8-6-11-9-10-5-3-4-7-12(10)16(2,13)14/h10-11H,3-9H2,1-2H3. The second-order valence-electron chi connectivity index (χ2n) is 4.22. The number of sulfonamides is 1. The van der Waals surface area contributed by atoms with Crippen LogP contribution in [-0.4, -0.2) is 58.4 Å². The number of nitrogens with zero attached hydrogens (tertiary/aromatic N) is 1. The highest BCUT2D eigenvalue weighted by molar-refractivity contribution is 7.88. The molecule has 0 aromatic carbocycles. The topological polar surface area (TPSA) is 58.6 Å². The summed E-state index contributed by atoms with van der Waals surface area (Å²) in [7, 11) is -1.40. The van der Waals surface area contributed by atoms with Gasteiger partial charge in [0.2, 0.25) is 10.0 Å². The van der Waals surface area contributed by atoms with Crippen LogP contribution in [0.5, 0.6) is 0 Å². The predicted octanol–water partition coefficient (Wildman–Crippen LogP) is 0.0365. The first-order chi connectivity index (χ1) is 7.55. The lowest BCUT2D eigenvalue weighted by atomic mass is 10.1. The van der Waals surface area contributed by atoms with Crippen LogP contribution in [0.4, 0.5) is 0 Å². The van der Waals surface area contributed by atoms with E-state index in [4.69, 9.17) is 4.74 Å². The van der Waals surface area contributed by atoms with Gasteiger partial charge in [-0.05, 0) is 12.8 Å². The number of piperidine rings is 1. The predicted molar refractivity (Wildman–Crippen MR) is 63.9 cm³/mol. The average molecular weight is 250 g/mol. The Labute approximate surface area is 98.2 Å². The maximum Gasteiger partial charge on any atom is 0.211 e. The lowest BCUT2D eigenvalue weighted by molar-refractivity contribution is 0.191. The van der Waals surface area contributed by atoms with Crippen LogP contribution in [0.1, 0.15) is 19.3 Å². The minimum absolute atomic E-state index is 0.112. The number of hydrogen-bond donors (Lipinski definition) is 1. The van der Waals surface area contributed by atoms with Gasteiger partial charge in [0.1, 0.15) is 0 Å². The van der Waals surface area contributed by atoms with Crippen LogP contribution < -0.4 is 5.32 Å². The van der Waals surface area contributed by atoms with Crippen molar-refractivity contribution in [2.75, 3.05) is 39.6 Å². The molecule has 1 aliphatic heterocycles. The summed E-state index contributed by atoms with van der Waals surface area (Å²) in [5, 5.41) is 3.23. The van der Waals surface area contributed by atoms with Crippen molar-refractivity contribution in [2.24, 2.45) is 0 Å². The summed E-state index contributed by atoms with van der Waals surface area (Å²) in [5.74, 6) is 0. The molecule has 0 saturated carbocycles. The maximum absolute atomic E-state index is 11.6. The molecule has 0 bridgehead atoms. The van der Waals surface area contributed by atoms with Crippen molar-refractivity contribution in [1.29, 1.82) is 0 Å². The molecule has 1 N–H and O–H groups in total. The highest BCUT2D eigenvalue weighted by atomic mass is 32.2. The van der Waals surface area contributed by atoms with E-state index in [0.717, 1.165) is 32.4 Å². The molecule has 1 aliphatic rings. The van der Waals surface area contributed by atoms with E-state index in [1.165, 1.54) is 6.26 Å². The second kappa shape index (κ2) is 6.54. The van der Waals surface area contributed by atoms with Crippen molar-refractivity contribution >= 4 is 10.0 Å². The normalized spacial score (nSPS) is 23.5. The van der Waals surface area contributed by atoms with Gasteiger partial charge in [-0.3, -0.25) is 0 Å². The van der Waals surface area contributed by atoms with E-state index in [-0.39, 0.29) is 6.04 Å². The van der Waals surface area contributed by atoms with Crippen molar-refractivity contribution in [3.63, 3.8) is 0 Å². The van der Waals surface area contributed by atoms with Crippen LogP contribution in [0.25, 0.3) is 0 Å². The molecule has 1 heterocycles. The van der Waals surface area contributed by atoms with Gasteiger partial charge < -0.3 is 10.1 Å². The van der Waals surface area contributed by atoms with Crippen molar-refractivity contribution in [3.05, 3.63) is 0 Å². The van der Waals surface area contributed by atoms with Gasteiger partial charge in [0.05, 0.1) is 12.9 Å².